The lowest BCUT2D eigenvalue weighted by molar-refractivity contribution is -0.140. The summed E-state index contributed by atoms with van der Waals surface area (Å²) in [6.07, 6.45) is 4.03. The molecule has 3 aromatic rings. The molecule has 2 aliphatic rings. The first-order valence-corrected chi connectivity index (χ1v) is 9.16. The Morgan fingerprint density at radius 1 is 0.438 bits per heavy atom. The SMILES string of the molecule is O=C1C=CC(=O)N1Cn1c(=O)c2cc3c(=O)n(CN4C(=O)C=CC4=O)c(=O)c3cc2c1=O. The molecule has 0 radical (unpaired) electrons. The van der Waals surface area contributed by atoms with E-state index in [1.165, 1.54) is 0 Å². The van der Waals surface area contributed by atoms with Gasteiger partial charge in [0.2, 0.25) is 0 Å². The quantitative estimate of drug-likeness (QED) is 0.415. The third-order valence-electron chi connectivity index (χ3n) is 5.43. The van der Waals surface area contributed by atoms with E-state index in [9.17, 15) is 38.4 Å². The summed E-state index contributed by atoms with van der Waals surface area (Å²) in [6.45, 7) is -1.22. The van der Waals surface area contributed by atoms with Crippen molar-refractivity contribution in [1.82, 2.24) is 18.9 Å². The largest absolute Gasteiger partial charge is 0.269 e. The Hall–Kier alpha value is -4.74. The summed E-state index contributed by atoms with van der Waals surface area (Å²) in [4.78, 5) is 99.5. The van der Waals surface area contributed by atoms with Gasteiger partial charge in [-0.2, -0.15) is 0 Å². The molecule has 4 amide bonds. The van der Waals surface area contributed by atoms with E-state index in [1.807, 2.05) is 0 Å². The van der Waals surface area contributed by atoms with Gasteiger partial charge in [-0.05, 0) is 12.1 Å². The number of carbonyl (C=O) groups excluding carboxylic acids is 4. The van der Waals surface area contributed by atoms with Crippen molar-refractivity contribution >= 4 is 45.2 Å². The number of nitrogens with zero attached hydrogens (tertiary/aromatic N) is 4. The van der Waals surface area contributed by atoms with Crippen molar-refractivity contribution in [1.29, 1.82) is 0 Å². The Morgan fingerprint density at radius 2 is 0.688 bits per heavy atom. The van der Waals surface area contributed by atoms with Gasteiger partial charge in [-0.3, -0.25) is 57.3 Å². The second-order valence-corrected chi connectivity index (χ2v) is 7.18. The van der Waals surface area contributed by atoms with Gasteiger partial charge in [-0.1, -0.05) is 0 Å². The van der Waals surface area contributed by atoms with Gasteiger partial charge in [0.1, 0.15) is 13.3 Å². The van der Waals surface area contributed by atoms with Gasteiger partial charge >= 0.3 is 0 Å². The fourth-order valence-electron chi connectivity index (χ4n) is 3.75. The van der Waals surface area contributed by atoms with E-state index in [0.29, 0.717) is 18.9 Å². The van der Waals surface area contributed by atoms with E-state index in [2.05, 4.69) is 0 Å². The number of aromatic nitrogens is 2. The molecular formula is C20H10N4O8. The van der Waals surface area contributed by atoms with Gasteiger partial charge in [0.15, 0.2) is 0 Å². The van der Waals surface area contributed by atoms with Gasteiger partial charge in [-0.15, -0.1) is 0 Å². The Labute approximate surface area is 175 Å². The van der Waals surface area contributed by atoms with Crippen molar-refractivity contribution in [3.8, 4) is 0 Å². The molecule has 12 heteroatoms. The maximum atomic E-state index is 12.8. The molecule has 2 aliphatic heterocycles. The predicted octanol–water partition coefficient (Wildman–Crippen LogP) is -2.32. The molecule has 12 nitrogen and oxygen atoms in total. The van der Waals surface area contributed by atoms with Gasteiger partial charge in [0.25, 0.3) is 45.9 Å². The molecule has 0 spiro atoms. The van der Waals surface area contributed by atoms with Crippen LogP contribution in [0, 0.1) is 0 Å². The molecule has 158 valence electrons. The number of rotatable bonds is 4. The Morgan fingerprint density at radius 3 is 0.938 bits per heavy atom. The molecule has 0 atom stereocenters. The number of imide groups is 2. The van der Waals surface area contributed by atoms with Gasteiger partial charge in [-0.25, -0.2) is 0 Å². The van der Waals surface area contributed by atoms with Crippen LogP contribution in [-0.4, -0.2) is 42.6 Å². The summed E-state index contributed by atoms with van der Waals surface area (Å²) < 4.78 is 1.34. The Kier molecular flexibility index (Phi) is 3.83. The predicted molar refractivity (Wildman–Crippen MR) is 107 cm³/mol. The molecule has 0 aliphatic carbocycles. The van der Waals surface area contributed by atoms with Crippen molar-refractivity contribution in [2.75, 3.05) is 0 Å². The molecule has 32 heavy (non-hydrogen) atoms. The zero-order valence-electron chi connectivity index (χ0n) is 15.9. The highest BCUT2D eigenvalue weighted by atomic mass is 16.2. The zero-order valence-corrected chi connectivity index (χ0v) is 15.9. The summed E-state index contributed by atoms with van der Waals surface area (Å²) in [5.74, 6) is -2.74. The van der Waals surface area contributed by atoms with Crippen molar-refractivity contribution in [3.63, 3.8) is 0 Å². The smallest absolute Gasteiger partial charge is 0.263 e. The lowest BCUT2D eigenvalue weighted by atomic mass is 10.1. The minimum atomic E-state index is -0.840. The molecule has 1 aromatic carbocycles. The highest BCUT2D eigenvalue weighted by molar-refractivity contribution is 6.13. The van der Waals surface area contributed by atoms with Crippen molar-refractivity contribution in [2.24, 2.45) is 0 Å². The molecule has 5 rings (SSSR count). The fourth-order valence-corrected chi connectivity index (χ4v) is 3.75. The third-order valence-corrected chi connectivity index (χ3v) is 5.43. The Bertz CT molecular complexity index is 1460. The molecule has 0 saturated carbocycles. The van der Waals surface area contributed by atoms with Crippen molar-refractivity contribution < 1.29 is 19.2 Å². The fraction of sp³-hybridized carbons (Fsp3) is 0.100. The molecule has 0 fully saturated rings. The average molecular weight is 434 g/mol. The lowest BCUT2D eigenvalue weighted by Crippen LogP contribution is -2.39. The number of benzene rings is 1. The monoisotopic (exact) mass is 434 g/mol. The van der Waals surface area contributed by atoms with E-state index in [4.69, 9.17) is 0 Å². The van der Waals surface area contributed by atoms with Crippen LogP contribution in [0.2, 0.25) is 0 Å². The average Bonchev–Trinajstić information content (AvgIpc) is 3.41. The van der Waals surface area contributed by atoms with Crippen LogP contribution in [0.15, 0.2) is 55.6 Å². The number of fused-ring (bicyclic) bond motifs is 2. The normalized spacial score (nSPS) is 16.1. The minimum absolute atomic E-state index is 0.168. The first kappa shape index (κ1) is 19.2. The number of hydrogen-bond acceptors (Lipinski definition) is 8. The second kappa shape index (κ2) is 6.38. The van der Waals surface area contributed by atoms with Crippen LogP contribution >= 0.6 is 0 Å². The number of amides is 4. The van der Waals surface area contributed by atoms with E-state index in [-0.39, 0.29) is 21.5 Å². The number of carbonyl (C=O) groups is 4. The van der Waals surface area contributed by atoms with E-state index < -0.39 is 59.2 Å². The van der Waals surface area contributed by atoms with Gasteiger partial charge in [0.05, 0.1) is 21.5 Å². The molecule has 0 bridgehead atoms. The zero-order chi connectivity index (χ0) is 22.9. The highest BCUT2D eigenvalue weighted by Crippen LogP contribution is 2.16. The molecule has 0 N–H and O–H groups in total. The maximum absolute atomic E-state index is 12.8. The third kappa shape index (κ3) is 2.49. The topological polar surface area (TPSA) is 153 Å². The molecule has 0 unspecified atom stereocenters. The molecular weight excluding hydrogens is 424 g/mol. The van der Waals surface area contributed by atoms with Crippen LogP contribution in [0.4, 0.5) is 0 Å². The van der Waals surface area contributed by atoms with Crippen molar-refractivity contribution in [2.45, 2.75) is 13.3 Å². The summed E-state index contributed by atoms with van der Waals surface area (Å²) in [5.41, 5.74) is -3.36. The first-order chi connectivity index (χ1) is 15.2. The molecule has 4 heterocycles. The summed E-state index contributed by atoms with van der Waals surface area (Å²) in [5, 5.41) is -0.671. The van der Waals surface area contributed by atoms with Crippen LogP contribution in [-0.2, 0) is 32.5 Å². The summed E-state index contributed by atoms with van der Waals surface area (Å²) in [7, 11) is 0. The molecule has 0 saturated heterocycles. The van der Waals surface area contributed by atoms with Crippen LogP contribution in [0.5, 0.6) is 0 Å². The standard InChI is InChI=1S/C20H10N4O8/c25-13-1-2-14(26)21(13)7-23-17(29)9-5-11-12(6-10(9)18(23)30)20(32)24(19(11)31)8-22-15(27)3-4-16(22)28/h1-6H,7-8H2. The molecule has 2 aromatic heterocycles. The van der Waals surface area contributed by atoms with Gasteiger partial charge in [0, 0.05) is 24.3 Å². The number of hydrogen-bond donors (Lipinski definition) is 0. The van der Waals surface area contributed by atoms with Crippen molar-refractivity contribution in [3.05, 3.63) is 77.9 Å². The summed E-state index contributed by atoms with van der Waals surface area (Å²) >= 11 is 0. The Balaban J connectivity index is 1.64. The van der Waals surface area contributed by atoms with Gasteiger partial charge < -0.3 is 0 Å². The minimum Gasteiger partial charge on any atom is -0.269 e. The highest BCUT2D eigenvalue weighted by Gasteiger charge is 2.28. The summed E-state index contributed by atoms with van der Waals surface area (Å²) in [6, 6.07) is 2.17. The first-order valence-electron chi connectivity index (χ1n) is 9.16. The van der Waals surface area contributed by atoms with E-state index in [0.717, 1.165) is 36.4 Å². The van der Waals surface area contributed by atoms with E-state index >= 15 is 0 Å². The van der Waals surface area contributed by atoms with Crippen LogP contribution in [0.25, 0.3) is 21.5 Å². The van der Waals surface area contributed by atoms with Crippen LogP contribution in [0.3, 0.4) is 0 Å². The second-order valence-electron chi connectivity index (χ2n) is 7.18. The maximum Gasteiger partial charge on any atom is 0.263 e. The van der Waals surface area contributed by atoms with E-state index in [1.54, 1.807) is 0 Å². The van der Waals surface area contributed by atoms with Crippen LogP contribution < -0.4 is 22.2 Å². The van der Waals surface area contributed by atoms with Crippen LogP contribution in [0.1, 0.15) is 0 Å². The lowest BCUT2D eigenvalue weighted by Gasteiger charge is -2.12.